The van der Waals surface area contributed by atoms with E-state index >= 15 is 0 Å². The van der Waals surface area contributed by atoms with E-state index < -0.39 is 15.6 Å². The second kappa shape index (κ2) is 6.10. The molecular weight excluding hydrogens is 316 g/mol. The molecule has 8 heteroatoms. The molecule has 4 N–H and O–H groups in total. The van der Waals surface area contributed by atoms with E-state index in [0.717, 1.165) is 0 Å². The Morgan fingerprint density at radius 1 is 1.43 bits per heavy atom. The van der Waals surface area contributed by atoms with Crippen molar-refractivity contribution in [3.8, 4) is 0 Å². The van der Waals surface area contributed by atoms with Crippen LogP contribution in [0.25, 0.3) is 0 Å². The van der Waals surface area contributed by atoms with Crippen LogP contribution in [0, 0.1) is 6.92 Å². The third-order valence-corrected chi connectivity index (χ3v) is 5.76. The first kappa shape index (κ1) is 16.5. The second-order valence-electron chi connectivity index (χ2n) is 5.30. The number of sulfonamides is 1. The van der Waals surface area contributed by atoms with Crippen LogP contribution in [0.1, 0.15) is 18.4 Å². The van der Waals surface area contributed by atoms with E-state index in [1.54, 1.807) is 6.92 Å². The van der Waals surface area contributed by atoms with Gasteiger partial charge in [0.1, 0.15) is 4.90 Å². The van der Waals surface area contributed by atoms with Crippen molar-refractivity contribution in [1.29, 1.82) is 0 Å². The topological polar surface area (TPSA) is 102 Å². The maximum atomic E-state index is 12.5. The molecule has 6 nitrogen and oxygen atoms in total. The fourth-order valence-corrected chi connectivity index (χ4v) is 4.34. The van der Waals surface area contributed by atoms with Crippen LogP contribution >= 0.6 is 11.6 Å². The SMILES string of the molecule is Cc1cc(Cl)c(S(=O)(=O)NC2(CO)CCOCC2)cc1N. The lowest BCUT2D eigenvalue weighted by Crippen LogP contribution is -2.54. The van der Waals surface area contributed by atoms with Gasteiger partial charge in [-0.05, 0) is 37.5 Å². The maximum absolute atomic E-state index is 12.5. The van der Waals surface area contributed by atoms with Crippen LogP contribution in [0.3, 0.4) is 0 Å². The summed E-state index contributed by atoms with van der Waals surface area (Å²) in [4.78, 5) is -0.0772. The number of nitrogens with two attached hydrogens (primary N) is 1. The number of benzene rings is 1. The van der Waals surface area contributed by atoms with Gasteiger partial charge in [0, 0.05) is 18.9 Å². The summed E-state index contributed by atoms with van der Waals surface area (Å²) < 4.78 is 32.9. The molecule has 0 spiro atoms. The fraction of sp³-hybridized carbons (Fsp3) is 0.538. The molecular formula is C13H19ClN2O4S. The Balaban J connectivity index is 2.36. The van der Waals surface area contributed by atoms with Crippen LogP contribution in [0.15, 0.2) is 17.0 Å². The van der Waals surface area contributed by atoms with Gasteiger partial charge in [-0.3, -0.25) is 0 Å². The molecule has 0 unspecified atom stereocenters. The zero-order valence-electron chi connectivity index (χ0n) is 11.7. The molecule has 21 heavy (non-hydrogen) atoms. The summed E-state index contributed by atoms with van der Waals surface area (Å²) in [5, 5.41) is 9.69. The highest BCUT2D eigenvalue weighted by Crippen LogP contribution is 2.29. The number of hydrogen-bond donors (Lipinski definition) is 3. The molecule has 0 bridgehead atoms. The quantitative estimate of drug-likeness (QED) is 0.714. The van der Waals surface area contributed by atoms with E-state index in [9.17, 15) is 13.5 Å². The third-order valence-electron chi connectivity index (χ3n) is 3.71. The molecule has 0 aliphatic carbocycles. The van der Waals surface area contributed by atoms with Gasteiger partial charge < -0.3 is 15.6 Å². The molecule has 1 heterocycles. The van der Waals surface area contributed by atoms with Crippen LogP contribution in [-0.4, -0.2) is 38.9 Å². The van der Waals surface area contributed by atoms with E-state index in [2.05, 4.69) is 4.72 Å². The Kier molecular flexibility index (Phi) is 4.79. The summed E-state index contributed by atoms with van der Waals surface area (Å²) in [5.41, 5.74) is 5.91. The number of hydrogen-bond acceptors (Lipinski definition) is 5. The van der Waals surface area contributed by atoms with Crippen LogP contribution in [0.5, 0.6) is 0 Å². The first-order chi connectivity index (χ1) is 9.80. The van der Waals surface area contributed by atoms with Gasteiger partial charge in [-0.1, -0.05) is 11.6 Å². The molecule has 1 saturated heterocycles. The molecule has 0 radical (unpaired) electrons. The molecule has 0 amide bonds. The van der Waals surface area contributed by atoms with Crippen molar-refractivity contribution in [2.45, 2.75) is 30.2 Å². The average Bonchev–Trinajstić information content (AvgIpc) is 2.43. The smallest absolute Gasteiger partial charge is 0.242 e. The lowest BCUT2D eigenvalue weighted by atomic mass is 9.93. The largest absolute Gasteiger partial charge is 0.398 e. The fourth-order valence-electron chi connectivity index (χ4n) is 2.27. The van der Waals surface area contributed by atoms with Crippen LogP contribution in [0.2, 0.25) is 5.02 Å². The standard InChI is InChI=1S/C13H19ClN2O4S/c1-9-6-10(14)12(7-11(9)15)21(18,19)16-13(8-17)2-4-20-5-3-13/h6-7,16-17H,2-5,8,15H2,1H3. The van der Waals surface area contributed by atoms with Crippen molar-refractivity contribution < 1.29 is 18.3 Å². The molecule has 118 valence electrons. The van der Waals surface area contributed by atoms with Crippen molar-refractivity contribution in [3.63, 3.8) is 0 Å². The van der Waals surface area contributed by atoms with Gasteiger partial charge in [-0.25, -0.2) is 13.1 Å². The van der Waals surface area contributed by atoms with E-state index in [1.165, 1.54) is 12.1 Å². The van der Waals surface area contributed by atoms with Crippen molar-refractivity contribution in [3.05, 3.63) is 22.7 Å². The van der Waals surface area contributed by atoms with Gasteiger partial charge in [0.25, 0.3) is 0 Å². The van der Waals surface area contributed by atoms with Crippen molar-refractivity contribution in [1.82, 2.24) is 4.72 Å². The highest BCUT2D eigenvalue weighted by molar-refractivity contribution is 7.89. The minimum atomic E-state index is -3.88. The lowest BCUT2D eigenvalue weighted by molar-refractivity contribution is 0.0223. The number of aryl methyl sites for hydroxylation is 1. The Hall–Kier alpha value is -0.860. The lowest BCUT2D eigenvalue weighted by Gasteiger charge is -2.35. The summed E-state index contributed by atoms with van der Waals surface area (Å²) in [6.45, 7) is 2.24. The summed E-state index contributed by atoms with van der Waals surface area (Å²) >= 11 is 6.03. The number of anilines is 1. The highest BCUT2D eigenvalue weighted by atomic mass is 35.5. The summed E-state index contributed by atoms with van der Waals surface area (Å²) in [5.74, 6) is 0. The molecule has 1 aromatic carbocycles. The van der Waals surface area contributed by atoms with Crippen molar-refractivity contribution in [2.24, 2.45) is 0 Å². The Labute approximate surface area is 129 Å². The van der Waals surface area contributed by atoms with Crippen LogP contribution in [-0.2, 0) is 14.8 Å². The molecule has 1 aliphatic heterocycles. The van der Waals surface area contributed by atoms with E-state index in [0.29, 0.717) is 37.3 Å². The molecule has 0 aromatic heterocycles. The molecule has 0 saturated carbocycles. The van der Waals surface area contributed by atoms with Crippen LogP contribution in [0.4, 0.5) is 5.69 Å². The van der Waals surface area contributed by atoms with Crippen molar-refractivity contribution >= 4 is 27.3 Å². The number of nitrogens with one attached hydrogen (secondary N) is 1. The number of aliphatic hydroxyl groups excluding tert-OH is 1. The number of nitrogen functional groups attached to an aromatic ring is 1. The highest BCUT2D eigenvalue weighted by Gasteiger charge is 2.37. The normalized spacial score (nSPS) is 18.6. The van der Waals surface area contributed by atoms with Gasteiger partial charge in [-0.2, -0.15) is 0 Å². The zero-order chi connectivity index (χ0) is 15.7. The van der Waals surface area contributed by atoms with Gasteiger partial charge >= 0.3 is 0 Å². The molecule has 1 fully saturated rings. The summed E-state index contributed by atoms with van der Waals surface area (Å²) in [6, 6.07) is 2.85. The predicted octanol–water partition coefficient (Wildman–Crippen LogP) is 1.05. The minimum Gasteiger partial charge on any atom is -0.398 e. The predicted molar refractivity (Wildman–Crippen MR) is 80.8 cm³/mol. The summed E-state index contributed by atoms with van der Waals surface area (Å²) in [7, 11) is -3.88. The Morgan fingerprint density at radius 2 is 2.05 bits per heavy atom. The van der Waals surface area contributed by atoms with E-state index in [-0.39, 0.29) is 16.5 Å². The zero-order valence-corrected chi connectivity index (χ0v) is 13.3. The number of ether oxygens (including phenoxy) is 1. The minimum absolute atomic E-state index is 0.0772. The van der Waals surface area contributed by atoms with Gasteiger partial charge in [0.2, 0.25) is 10.0 Å². The van der Waals surface area contributed by atoms with Crippen LogP contribution < -0.4 is 10.5 Å². The molecule has 2 rings (SSSR count). The van der Waals surface area contributed by atoms with E-state index in [1.807, 2.05) is 0 Å². The molecule has 1 aromatic rings. The number of halogens is 1. The van der Waals surface area contributed by atoms with Gasteiger partial charge in [-0.15, -0.1) is 0 Å². The second-order valence-corrected chi connectivity index (χ2v) is 7.35. The van der Waals surface area contributed by atoms with Gasteiger partial charge in [0.15, 0.2) is 0 Å². The van der Waals surface area contributed by atoms with Crippen molar-refractivity contribution in [2.75, 3.05) is 25.6 Å². The first-order valence-corrected chi connectivity index (χ1v) is 8.44. The van der Waals surface area contributed by atoms with Gasteiger partial charge in [0.05, 0.1) is 17.2 Å². The number of rotatable bonds is 4. The molecule has 1 aliphatic rings. The third kappa shape index (κ3) is 3.49. The monoisotopic (exact) mass is 334 g/mol. The van der Waals surface area contributed by atoms with E-state index in [4.69, 9.17) is 22.1 Å². The molecule has 0 atom stereocenters. The first-order valence-electron chi connectivity index (χ1n) is 6.58. The Morgan fingerprint density at radius 3 is 2.62 bits per heavy atom. The Bertz CT molecular complexity index is 627. The summed E-state index contributed by atoms with van der Waals surface area (Å²) in [6.07, 6.45) is 0.809. The average molecular weight is 335 g/mol. The maximum Gasteiger partial charge on any atom is 0.242 e. The number of aliphatic hydroxyl groups is 1.